The molecule has 0 amide bonds. The van der Waals surface area contributed by atoms with Crippen molar-refractivity contribution in [3.05, 3.63) is 0 Å². The first kappa shape index (κ1) is 18.8. The van der Waals surface area contributed by atoms with Gasteiger partial charge >= 0.3 is 5.97 Å². The van der Waals surface area contributed by atoms with Crippen molar-refractivity contribution in [3.8, 4) is 0 Å². The summed E-state index contributed by atoms with van der Waals surface area (Å²) < 4.78 is 19.6. The highest BCUT2D eigenvalue weighted by Crippen LogP contribution is 2.80. The maximum Gasteiger partial charge on any atom is 0.303 e. The van der Waals surface area contributed by atoms with Gasteiger partial charge in [-0.25, -0.2) is 4.90 Å². The van der Waals surface area contributed by atoms with Crippen LogP contribution < -0.4 is 0 Å². The van der Waals surface area contributed by atoms with Crippen LogP contribution in [-0.4, -0.2) is 59.4 Å². The van der Waals surface area contributed by atoms with Crippen molar-refractivity contribution in [2.75, 3.05) is 13.2 Å². The fourth-order valence-electron chi connectivity index (χ4n) is 10.5. The van der Waals surface area contributed by atoms with Gasteiger partial charge in [0.2, 0.25) is 0 Å². The minimum Gasteiger partial charge on any atom is -0.459 e. The Hall–Kier alpha value is -0.690. The normalized spacial score (nSPS) is 62.7. The molecule has 4 aliphatic heterocycles. The second kappa shape index (κ2) is 5.44. The lowest BCUT2D eigenvalue weighted by Crippen LogP contribution is -2.86. The highest BCUT2D eigenvalue weighted by Gasteiger charge is 2.83. The molecule has 9 rings (SSSR count). The highest BCUT2D eigenvalue weighted by atomic mass is 16.6. The minimum atomic E-state index is -0.640. The van der Waals surface area contributed by atoms with E-state index in [1.54, 1.807) is 6.92 Å². The average molecular weight is 418 g/mol. The number of nitrogens with zero attached hydrogens (tertiary/aromatic N) is 1. The molecule has 0 radical (unpaired) electrons. The standard InChI is InChI=1S/C24H35NO5/c1-13(26)29-16-17-21(2)6-4-7-24(17)15-11-14-5-8-23(15,12-22(14,3)27)18(16)30-20(24)25-9-10-28-19(21)25/h14-20,27H,4-12H2,1-3H3. The predicted octanol–water partition coefficient (Wildman–Crippen LogP) is 2.68. The van der Waals surface area contributed by atoms with Gasteiger partial charge in [0, 0.05) is 35.6 Å². The maximum atomic E-state index is 12.3. The Kier molecular flexibility index (Phi) is 3.42. The number of piperidine rings is 1. The second-order valence-corrected chi connectivity index (χ2v) is 12.2. The van der Waals surface area contributed by atoms with Crippen LogP contribution in [-0.2, 0) is 19.0 Å². The van der Waals surface area contributed by atoms with Gasteiger partial charge in [0.25, 0.3) is 0 Å². The molecule has 6 nitrogen and oxygen atoms in total. The summed E-state index contributed by atoms with van der Waals surface area (Å²) in [5.41, 5.74) is -0.730. The zero-order chi connectivity index (χ0) is 20.7. The van der Waals surface area contributed by atoms with Crippen LogP contribution in [0, 0.1) is 34.0 Å². The van der Waals surface area contributed by atoms with E-state index in [9.17, 15) is 9.90 Å². The maximum absolute atomic E-state index is 12.3. The van der Waals surface area contributed by atoms with Crippen molar-refractivity contribution >= 4 is 5.97 Å². The average Bonchev–Trinajstić information content (AvgIpc) is 3.16. The van der Waals surface area contributed by atoms with Crippen molar-refractivity contribution in [3.63, 3.8) is 0 Å². The van der Waals surface area contributed by atoms with Gasteiger partial charge in [0.15, 0.2) is 0 Å². The third-order valence-corrected chi connectivity index (χ3v) is 11.0. The number of rotatable bonds is 1. The van der Waals surface area contributed by atoms with E-state index in [0.29, 0.717) is 11.8 Å². The summed E-state index contributed by atoms with van der Waals surface area (Å²) in [6.45, 7) is 7.68. The fraction of sp³-hybridized carbons (Fsp3) is 0.958. The van der Waals surface area contributed by atoms with Crippen LogP contribution in [0.15, 0.2) is 0 Å². The summed E-state index contributed by atoms with van der Waals surface area (Å²) in [6.07, 6.45) is 7.30. The molecule has 1 N–H and O–H groups in total. The monoisotopic (exact) mass is 417 g/mol. The van der Waals surface area contributed by atoms with Crippen LogP contribution in [0.3, 0.4) is 0 Å². The Morgan fingerprint density at radius 2 is 2.03 bits per heavy atom. The first-order chi connectivity index (χ1) is 14.2. The van der Waals surface area contributed by atoms with Crippen molar-refractivity contribution < 1.29 is 24.1 Å². The molecule has 0 aromatic carbocycles. The molecular formula is C24H35NO5. The summed E-state index contributed by atoms with van der Waals surface area (Å²) in [6, 6.07) is 0. The van der Waals surface area contributed by atoms with Crippen LogP contribution in [0.5, 0.6) is 0 Å². The van der Waals surface area contributed by atoms with Gasteiger partial charge < -0.3 is 19.3 Å². The Morgan fingerprint density at radius 3 is 2.80 bits per heavy atom. The van der Waals surface area contributed by atoms with Gasteiger partial charge in [0.05, 0.1) is 12.2 Å². The van der Waals surface area contributed by atoms with Gasteiger partial charge in [-0.05, 0) is 57.3 Å². The third kappa shape index (κ3) is 1.84. The van der Waals surface area contributed by atoms with Crippen molar-refractivity contribution in [2.24, 2.45) is 34.0 Å². The number of ether oxygens (including phenoxy) is 3. The molecule has 9 fully saturated rings. The fourth-order valence-corrected chi connectivity index (χ4v) is 10.5. The van der Waals surface area contributed by atoms with E-state index in [4.69, 9.17) is 14.2 Å². The molecule has 4 saturated heterocycles. The molecule has 4 heterocycles. The lowest BCUT2D eigenvalue weighted by atomic mass is 9.31. The number of hydrogen-bond donors (Lipinski definition) is 1. The van der Waals surface area contributed by atoms with Gasteiger partial charge in [-0.1, -0.05) is 13.3 Å². The van der Waals surface area contributed by atoms with Crippen LogP contribution in [0.2, 0.25) is 0 Å². The summed E-state index contributed by atoms with van der Waals surface area (Å²) >= 11 is 0. The molecule has 9 aliphatic rings. The van der Waals surface area contributed by atoms with E-state index in [1.165, 1.54) is 6.42 Å². The lowest BCUT2D eigenvalue weighted by Gasteiger charge is -2.81. The molecule has 166 valence electrons. The minimum absolute atomic E-state index is 0.00123. The van der Waals surface area contributed by atoms with Crippen LogP contribution in [0.1, 0.15) is 65.7 Å². The van der Waals surface area contributed by atoms with Crippen molar-refractivity contribution in [2.45, 2.75) is 96.0 Å². The van der Waals surface area contributed by atoms with E-state index in [0.717, 1.165) is 51.7 Å². The molecule has 7 bridgehead atoms. The number of aliphatic hydroxyl groups is 1. The van der Waals surface area contributed by atoms with E-state index < -0.39 is 5.60 Å². The predicted molar refractivity (Wildman–Crippen MR) is 107 cm³/mol. The molecule has 6 heteroatoms. The number of esters is 1. The van der Waals surface area contributed by atoms with Gasteiger partial charge in [-0.3, -0.25) is 4.79 Å². The van der Waals surface area contributed by atoms with Crippen LogP contribution in [0.25, 0.3) is 0 Å². The highest BCUT2D eigenvalue weighted by molar-refractivity contribution is 5.66. The Labute approximate surface area is 178 Å². The van der Waals surface area contributed by atoms with Crippen molar-refractivity contribution in [1.82, 2.24) is 4.90 Å². The summed E-state index contributed by atoms with van der Waals surface area (Å²) in [5.74, 6) is 1.01. The molecule has 0 aromatic heterocycles. The van der Waals surface area contributed by atoms with Crippen LogP contribution >= 0.6 is 0 Å². The SMILES string of the molecule is CC(=O)OC1C2OC3N4CCOC4C4(C)CCCC3(C14)C1CC3CCC21CC3(C)O. The van der Waals surface area contributed by atoms with E-state index >= 15 is 0 Å². The van der Waals surface area contributed by atoms with Crippen LogP contribution in [0.4, 0.5) is 0 Å². The van der Waals surface area contributed by atoms with E-state index in [2.05, 4.69) is 11.8 Å². The second-order valence-electron chi connectivity index (χ2n) is 12.2. The zero-order valence-corrected chi connectivity index (χ0v) is 18.4. The number of fused-ring (bicyclic) bond motifs is 4. The van der Waals surface area contributed by atoms with Gasteiger partial charge in [0.1, 0.15) is 24.7 Å². The topological polar surface area (TPSA) is 68.2 Å². The molecule has 0 aromatic rings. The smallest absolute Gasteiger partial charge is 0.303 e. The molecule has 2 spiro atoms. The molecule has 11 atom stereocenters. The lowest BCUT2D eigenvalue weighted by molar-refractivity contribution is -0.447. The molecule has 30 heavy (non-hydrogen) atoms. The summed E-state index contributed by atoms with van der Waals surface area (Å²) in [7, 11) is 0. The summed E-state index contributed by atoms with van der Waals surface area (Å²) in [4.78, 5) is 14.8. The number of hydrogen-bond acceptors (Lipinski definition) is 6. The molecule has 5 saturated carbocycles. The zero-order valence-electron chi connectivity index (χ0n) is 18.4. The first-order valence-corrected chi connectivity index (χ1v) is 12.2. The number of carbonyl (C=O) groups excluding carboxylic acids is 1. The van der Waals surface area contributed by atoms with Crippen molar-refractivity contribution in [1.29, 1.82) is 0 Å². The Bertz CT molecular complexity index is 815. The molecule has 5 aliphatic carbocycles. The third-order valence-electron chi connectivity index (χ3n) is 11.0. The first-order valence-electron chi connectivity index (χ1n) is 12.2. The van der Waals surface area contributed by atoms with Gasteiger partial charge in [-0.2, -0.15) is 0 Å². The van der Waals surface area contributed by atoms with E-state index in [1.807, 2.05) is 6.92 Å². The number of carbonyl (C=O) groups is 1. The summed E-state index contributed by atoms with van der Waals surface area (Å²) in [5, 5.41) is 11.3. The quantitative estimate of drug-likeness (QED) is 0.662. The Morgan fingerprint density at radius 1 is 1.20 bits per heavy atom. The molecule has 11 unspecified atom stereocenters. The van der Waals surface area contributed by atoms with E-state index in [-0.39, 0.29) is 52.8 Å². The Balaban J connectivity index is 1.46. The van der Waals surface area contributed by atoms with Gasteiger partial charge in [-0.15, -0.1) is 0 Å². The molecular weight excluding hydrogens is 382 g/mol. The largest absolute Gasteiger partial charge is 0.459 e.